The molecule has 0 aliphatic rings. The van der Waals surface area contributed by atoms with Gasteiger partial charge in [-0.25, -0.2) is 0 Å². The zero-order valence-corrected chi connectivity index (χ0v) is 11.4. The van der Waals surface area contributed by atoms with E-state index in [9.17, 15) is 0 Å². The Morgan fingerprint density at radius 2 is 1.87 bits per heavy atom. The maximum Gasteiger partial charge on any atom is 0.0802 e. The predicted molar refractivity (Wildman–Crippen MR) is 67.2 cm³/mol. The van der Waals surface area contributed by atoms with Gasteiger partial charge in [0.1, 0.15) is 0 Å². The summed E-state index contributed by atoms with van der Waals surface area (Å²) < 4.78 is 5.71. The average molecular weight is 215 g/mol. The summed E-state index contributed by atoms with van der Waals surface area (Å²) in [5.74, 6) is 0.667. The van der Waals surface area contributed by atoms with Crippen molar-refractivity contribution >= 4 is 0 Å². The van der Waals surface area contributed by atoms with Gasteiger partial charge >= 0.3 is 0 Å². The number of hydrogen-bond acceptors (Lipinski definition) is 2. The Labute approximate surface area is 95.8 Å². The molecule has 0 heterocycles. The average Bonchev–Trinajstić information content (AvgIpc) is 2.25. The molecule has 0 aliphatic heterocycles. The topological polar surface area (TPSA) is 21.3 Å². The van der Waals surface area contributed by atoms with Crippen LogP contribution in [0, 0.1) is 5.92 Å². The molecule has 0 aromatic rings. The lowest BCUT2D eigenvalue weighted by atomic mass is 9.82. The van der Waals surface area contributed by atoms with Gasteiger partial charge in [-0.05, 0) is 32.2 Å². The van der Waals surface area contributed by atoms with E-state index in [-0.39, 0.29) is 5.60 Å². The largest absolute Gasteiger partial charge is 0.377 e. The molecule has 92 valence electrons. The van der Waals surface area contributed by atoms with Crippen molar-refractivity contribution in [2.24, 2.45) is 5.92 Å². The van der Waals surface area contributed by atoms with Crippen LogP contribution in [0.2, 0.25) is 0 Å². The second-order valence-corrected chi connectivity index (χ2v) is 4.67. The number of nitrogens with one attached hydrogen (secondary N) is 1. The molecule has 3 unspecified atom stereocenters. The van der Waals surface area contributed by atoms with Gasteiger partial charge in [0, 0.05) is 13.2 Å². The molecule has 0 radical (unpaired) electrons. The molecule has 0 spiro atoms. The Kier molecular flexibility index (Phi) is 7.20. The monoisotopic (exact) mass is 215 g/mol. The molecule has 0 saturated carbocycles. The molecule has 0 aliphatic carbocycles. The molecule has 0 amide bonds. The molecule has 15 heavy (non-hydrogen) atoms. The number of ether oxygens (including phenoxy) is 1. The Balaban J connectivity index is 4.60. The van der Waals surface area contributed by atoms with E-state index in [2.05, 4.69) is 39.9 Å². The third-order valence-corrected chi connectivity index (χ3v) is 3.56. The van der Waals surface area contributed by atoms with Crippen LogP contribution in [0.4, 0.5) is 0 Å². The first-order valence-electron chi connectivity index (χ1n) is 6.34. The molecule has 0 aromatic heterocycles. The van der Waals surface area contributed by atoms with Crippen LogP contribution in [0.25, 0.3) is 0 Å². The fourth-order valence-electron chi connectivity index (χ4n) is 2.35. The SMILES string of the molecule is CCCC(C)C(NCC)C(C)(CC)OC. The van der Waals surface area contributed by atoms with E-state index in [0.29, 0.717) is 12.0 Å². The fourth-order valence-corrected chi connectivity index (χ4v) is 2.35. The van der Waals surface area contributed by atoms with Crippen molar-refractivity contribution < 1.29 is 4.74 Å². The van der Waals surface area contributed by atoms with Crippen LogP contribution in [0.3, 0.4) is 0 Å². The summed E-state index contributed by atoms with van der Waals surface area (Å²) in [5, 5.41) is 3.58. The highest BCUT2D eigenvalue weighted by Gasteiger charge is 2.35. The van der Waals surface area contributed by atoms with Gasteiger partial charge in [0.15, 0.2) is 0 Å². The van der Waals surface area contributed by atoms with Crippen molar-refractivity contribution in [3.05, 3.63) is 0 Å². The molecular formula is C13H29NO. The van der Waals surface area contributed by atoms with Crippen LogP contribution in [0.1, 0.15) is 53.9 Å². The molecule has 0 aromatic carbocycles. The minimum absolute atomic E-state index is 0.0371. The molecule has 0 bridgehead atoms. The van der Waals surface area contributed by atoms with Crippen LogP contribution in [0.5, 0.6) is 0 Å². The first-order chi connectivity index (χ1) is 7.05. The smallest absolute Gasteiger partial charge is 0.0802 e. The normalized spacial score (nSPS) is 19.6. The van der Waals surface area contributed by atoms with Crippen molar-refractivity contribution in [2.45, 2.75) is 65.5 Å². The summed E-state index contributed by atoms with van der Waals surface area (Å²) >= 11 is 0. The lowest BCUT2D eigenvalue weighted by Crippen LogP contribution is -2.53. The standard InChI is InChI=1S/C13H29NO/c1-7-10-11(4)12(14-9-3)13(5,8-2)15-6/h11-12,14H,7-10H2,1-6H3. The van der Waals surface area contributed by atoms with Gasteiger partial charge in [-0.3, -0.25) is 0 Å². The van der Waals surface area contributed by atoms with Gasteiger partial charge in [-0.1, -0.05) is 34.1 Å². The van der Waals surface area contributed by atoms with Crippen LogP contribution in [-0.4, -0.2) is 25.3 Å². The molecule has 2 nitrogen and oxygen atoms in total. The Bertz CT molecular complexity index is 155. The number of rotatable bonds is 8. The number of likely N-dealkylation sites (N-methyl/N-ethyl adjacent to an activating group) is 1. The van der Waals surface area contributed by atoms with Crippen LogP contribution in [0.15, 0.2) is 0 Å². The Morgan fingerprint density at radius 3 is 2.20 bits per heavy atom. The minimum Gasteiger partial charge on any atom is -0.377 e. The van der Waals surface area contributed by atoms with Crippen LogP contribution >= 0.6 is 0 Å². The Hall–Kier alpha value is -0.0800. The molecule has 3 atom stereocenters. The highest BCUT2D eigenvalue weighted by atomic mass is 16.5. The Morgan fingerprint density at radius 1 is 1.27 bits per heavy atom. The zero-order valence-electron chi connectivity index (χ0n) is 11.4. The maximum absolute atomic E-state index is 5.71. The summed E-state index contributed by atoms with van der Waals surface area (Å²) in [5.41, 5.74) is -0.0371. The van der Waals surface area contributed by atoms with Crippen molar-refractivity contribution in [3.8, 4) is 0 Å². The summed E-state index contributed by atoms with van der Waals surface area (Å²) in [6.45, 7) is 12.2. The van der Waals surface area contributed by atoms with E-state index < -0.39 is 0 Å². The molecule has 0 fully saturated rings. The van der Waals surface area contributed by atoms with E-state index in [1.807, 2.05) is 7.11 Å². The molecule has 0 rings (SSSR count). The summed E-state index contributed by atoms with van der Waals surface area (Å²) in [6, 6.07) is 0.456. The third kappa shape index (κ3) is 4.12. The fraction of sp³-hybridized carbons (Fsp3) is 1.00. The predicted octanol–water partition coefficient (Wildman–Crippen LogP) is 3.22. The lowest BCUT2D eigenvalue weighted by molar-refractivity contribution is -0.0439. The second kappa shape index (κ2) is 7.24. The first-order valence-corrected chi connectivity index (χ1v) is 6.34. The minimum atomic E-state index is -0.0371. The molecule has 2 heteroatoms. The van der Waals surface area contributed by atoms with Gasteiger partial charge < -0.3 is 10.1 Å². The van der Waals surface area contributed by atoms with Crippen molar-refractivity contribution in [3.63, 3.8) is 0 Å². The highest BCUT2D eigenvalue weighted by Crippen LogP contribution is 2.27. The van der Waals surface area contributed by atoms with E-state index in [0.717, 1.165) is 13.0 Å². The maximum atomic E-state index is 5.71. The molecular weight excluding hydrogens is 186 g/mol. The van der Waals surface area contributed by atoms with E-state index in [1.54, 1.807) is 0 Å². The van der Waals surface area contributed by atoms with E-state index in [1.165, 1.54) is 12.8 Å². The van der Waals surface area contributed by atoms with E-state index in [4.69, 9.17) is 4.74 Å². The van der Waals surface area contributed by atoms with Crippen molar-refractivity contribution in [1.82, 2.24) is 5.32 Å². The zero-order chi connectivity index (χ0) is 11.9. The van der Waals surface area contributed by atoms with Crippen molar-refractivity contribution in [1.29, 1.82) is 0 Å². The van der Waals surface area contributed by atoms with Gasteiger partial charge in [-0.15, -0.1) is 0 Å². The van der Waals surface area contributed by atoms with Crippen LogP contribution in [-0.2, 0) is 4.74 Å². The summed E-state index contributed by atoms with van der Waals surface area (Å²) in [6.07, 6.45) is 3.55. The van der Waals surface area contributed by atoms with E-state index >= 15 is 0 Å². The van der Waals surface area contributed by atoms with Gasteiger partial charge in [0.25, 0.3) is 0 Å². The quantitative estimate of drug-likeness (QED) is 0.671. The first kappa shape index (κ1) is 14.9. The highest BCUT2D eigenvalue weighted by molar-refractivity contribution is 4.91. The molecule has 0 saturated heterocycles. The molecule has 1 N–H and O–H groups in total. The summed E-state index contributed by atoms with van der Waals surface area (Å²) in [7, 11) is 1.83. The van der Waals surface area contributed by atoms with Gasteiger partial charge in [0.05, 0.1) is 5.60 Å². The third-order valence-electron chi connectivity index (χ3n) is 3.56. The second-order valence-electron chi connectivity index (χ2n) is 4.67. The number of hydrogen-bond donors (Lipinski definition) is 1. The lowest BCUT2D eigenvalue weighted by Gasteiger charge is -2.40. The van der Waals surface area contributed by atoms with Gasteiger partial charge in [0.2, 0.25) is 0 Å². The number of methoxy groups -OCH3 is 1. The van der Waals surface area contributed by atoms with Crippen molar-refractivity contribution in [2.75, 3.05) is 13.7 Å². The van der Waals surface area contributed by atoms with Crippen LogP contribution < -0.4 is 5.32 Å². The van der Waals surface area contributed by atoms with Gasteiger partial charge in [-0.2, -0.15) is 0 Å². The summed E-state index contributed by atoms with van der Waals surface area (Å²) in [4.78, 5) is 0.